The van der Waals surface area contributed by atoms with E-state index in [1.165, 1.54) is 0 Å². The van der Waals surface area contributed by atoms with E-state index in [0.717, 1.165) is 31.9 Å². The van der Waals surface area contributed by atoms with Crippen LogP contribution in [0.5, 0.6) is 5.88 Å². The van der Waals surface area contributed by atoms with Crippen molar-refractivity contribution in [3.8, 4) is 5.88 Å². The second-order valence-corrected chi connectivity index (χ2v) is 6.32. The fourth-order valence-corrected chi connectivity index (χ4v) is 2.90. The standard InChI is InChI=1S/C15H19ClFN5O2/c1-22-7-12(13(16)21-22)19-15-18-6-11(17)14(20-15)24-8-9-2-4-10(23)5-3-9/h6-7,9-10,23H,2-5,8H2,1H3,(H,18,19,20)/t9-,10-. The molecule has 9 heteroatoms. The van der Waals surface area contributed by atoms with Gasteiger partial charge in [-0.2, -0.15) is 14.5 Å². The van der Waals surface area contributed by atoms with Crippen LogP contribution in [0.1, 0.15) is 25.7 Å². The van der Waals surface area contributed by atoms with E-state index < -0.39 is 5.82 Å². The molecule has 3 rings (SSSR count). The maximum Gasteiger partial charge on any atom is 0.255 e. The minimum Gasteiger partial charge on any atom is -0.475 e. The SMILES string of the molecule is Cn1cc(Nc2ncc(F)c(OC[C@H]3CC[C@H](O)CC3)n2)c(Cl)n1. The Bertz CT molecular complexity index is 703. The number of rotatable bonds is 5. The molecule has 1 aliphatic carbocycles. The van der Waals surface area contributed by atoms with E-state index >= 15 is 0 Å². The van der Waals surface area contributed by atoms with Gasteiger partial charge in [0.05, 0.1) is 24.6 Å². The number of aliphatic hydroxyl groups is 1. The molecular formula is C15H19ClFN5O2. The van der Waals surface area contributed by atoms with Crippen molar-refractivity contribution in [2.24, 2.45) is 13.0 Å². The second-order valence-electron chi connectivity index (χ2n) is 5.96. The molecule has 1 saturated carbocycles. The number of nitrogens with one attached hydrogen (secondary N) is 1. The first-order chi connectivity index (χ1) is 11.5. The van der Waals surface area contributed by atoms with Gasteiger partial charge >= 0.3 is 0 Å². The Kier molecular flexibility index (Phi) is 5.15. The Morgan fingerprint density at radius 3 is 2.83 bits per heavy atom. The number of aliphatic hydroxyl groups excluding tert-OH is 1. The molecule has 0 unspecified atom stereocenters. The van der Waals surface area contributed by atoms with Gasteiger partial charge in [0.1, 0.15) is 0 Å². The van der Waals surface area contributed by atoms with E-state index in [2.05, 4.69) is 20.4 Å². The summed E-state index contributed by atoms with van der Waals surface area (Å²) < 4.78 is 20.9. The number of hydrogen-bond donors (Lipinski definition) is 2. The van der Waals surface area contributed by atoms with Gasteiger partial charge in [0, 0.05) is 13.2 Å². The molecule has 1 fully saturated rings. The monoisotopic (exact) mass is 355 g/mol. The molecule has 7 nitrogen and oxygen atoms in total. The highest BCUT2D eigenvalue weighted by Crippen LogP contribution is 2.26. The van der Waals surface area contributed by atoms with Gasteiger partial charge in [-0.05, 0) is 31.6 Å². The number of ether oxygens (including phenoxy) is 1. The lowest BCUT2D eigenvalue weighted by Gasteiger charge is -2.25. The summed E-state index contributed by atoms with van der Waals surface area (Å²) in [6, 6.07) is 0. The first kappa shape index (κ1) is 16.9. The lowest BCUT2D eigenvalue weighted by atomic mass is 9.88. The normalized spacial score (nSPS) is 20.8. The van der Waals surface area contributed by atoms with E-state index in [1.54, 1.807) is 17.9 Å². The summed E-state index contributed by atoms with van der Waals surface area (Å²) in [6.07, 6.45) is 5.74. The molecule has 24 heavy (non-hydrogen) atoms. The van der Waals surface area contributed by atoms with E-state index in [1.807, 2.05) is 0 Å². The zero-order chi connectivity index (χ0) is 17.1. The summed E-state index contributed by atoms with van der Waals surface area (Å²) in [7, 11) is 1.73. The first-order valence-electron chi connectivity index (χ1n) is 7.81. The fraction of sp³-hybridized carbons (Fsp3) is 0.533. The largest absolute Gasteiger partial charge is 0.475 e. The molecule has 0 bridgehead atoms. The molecule has 0 atom stereocenters. The zero-order valence-electron chi connectivity index (χ0n) is 13.2. The average Bonchev–Trinajstić information content (AvgIpc) is 2.87. The third-order valence-corrected chi connectivity index (χ3v) is 4.29. The number of aromatic nitrogens is 4. The Hall–Kier alpha value is -1.93. The van der Waals surface area contributed by atoms with Crippen LogP contribution >= 0.6 is 11.6 Å². The summed E-state index contributed by atoms with van der Waals surface area (Å²) in [6.45, 7) is 0.369. The fourth-order valence-electron chi connectivity index (χ4n) is 2.69. The van der Waals surface area contributed by atoms with E-state index in [4.69, 9.17) is 16.3 Å². The summed E-state index contributed by atoms with van der Waals surface area (Å²) >= 11 is 5.96. The third kappa shape index (κ3) is 4.12. The Morgan fingerprint density at radius 2 is 2.17 bits per heavy atom. The van der Waals surface area contributed by atoms with Gasteiger partial charge in [-0.3, -0.25) is 4.68 Å². The lowest BCUT2D eigenvalue weighted by molar-refractivity contribution is 0.0899. The van der Waals surface area contributed by atoms with E-state index in [-0.39, 0.29) is 23.1 Å². The molecule has 0 aromatic carbocycles. The van der Waals surface area contributed by atoms with Gasteiger partial charge in [-0.1, -0.05) is 11.6 Å². The molecule has 0 amide bonds. The van der Waals surface area contributed by atoms with Crippen molar-refractivity contribution < 1.29 is 14.2 Å². The van der Waals surface area contributed by atoms with Crippen molar-refractivity contribution in [1.29, 1.82) is 0 Å². The molecule has 0 saturated heterocycles. The summed E-state index contributed by atoms with van der Waals surface area (Å²) in [5.74, 6) is -0.236. The van der Waals surface area contributed by atoms with Crippen LogP contribution in [0.25, 0.3) is 0 Å². The molecule has 2 aromatic heterocycles. The van der Waals surface area contributed by atoms with Gasteiger partial charge in [0.15, 0.2) is 5.15 Å². The van der Waals surface area contributed by atoms with Crippen LogP contribution in [0.3, 0.4) is 0 Å². The predicted molar refractivity (Wildman–Crippen MR) is 87.0 cm³/mol. The van der Waals surface area contributed by atoms with Crippen LogP contribution < -0.4 is 10.1 Å². The Balaban J connectivity index is 1.64. The highest BCUT2D eigenvalue weighted by molar-refractivity contribution is 6.32. The Labute approximate surface area is 143 Å². The topological polar surface area (TPSA) is 85.1 Å². The van der Waals surface area contributed by atoms with Crippen molar-refractivity contribution in [2.75, 3.05) is 11.9 Å². The molecule has 130 valence electrons. The molecule has 2 N–H and O–H groups in total. The van der Waals surface area contributed by atoms with Crippen molar-refractivity contribution in [2.45, 2.75) is 31.8 Å². The highest BCUT2D eigenvalue weighted by atomic mass is 35.5. The van der Waals surface area contributed by atoms with Gasteiger partial charge in [-0.25, -0.2) is 4.98 Å². The summed E-state index contributed by atoms with van der Waals surface area (Å²) in [4.78, 5) is 7.94. The molecular weight excluding hydrogens is 337 g/mol. The molecule has 2 aromatic rings. The number of hydrogen-bond acceptors (Lipinski definition) is 6. The maximum absolute atomic E-state index is 13.8. The number of nitrogens with zero attached hydrogens (tertiary/aromatic N) is 4. The smallest absolute Gasteiger partial charge is 0.255 e. The zero-order valence-corrected chi connectivity index (χ0v) is 14.0. The van der Waals surface area contributed by atoms with Gasteiger partial charge < -0.3 is 15.2 Å². The molecule has 0 spiro atoms. The summed E-state index contributed by atoms with van der Waals surface area (Å²) in [5, 5.41) is 16.7. The van der Waals surface area contributed by atoms with Gasteiger partial charge in [-0.15, -0.1) is 0 Å². The van der Waals surface area contributed by atoms with Crippen molar-refractivity contribution >= 4 is 23.2 Å². The minimum absolute atomic E-state index is 0.0985. The lowest BCUT2D eigenvalue weighted by Crippen LogP contribution is -2.23. The summed E-state index contributed by atoms with van der Waals surface area (Å²) in [5.41, 5.74) is 0.526. The quantitative estimate of drug-likeness (QED) is 0.857. The second kappa shape index (κ2) is 7.31. The van der Waals surface area contributed by atoms with Crippen molar-refractivity contribution in [3.05, 3.63) is 23.4 Å². The first-order valence-corrected chi connectivity index (χ1v) is 8.18. The molecule has 1 aliphatic rings. The Morgan fingerprint density at radius 1 is 1.42 bits per heavy atom. The average molecular weight is 356 g/mol. The van der Waals surface area contributed by atoms with Crippen LogP contribution in [-0.2, 0) is 7.05 Å². The van der Waals surface area contributed by atoms with Gasteiger partial charge in [0.25, 0.3) is 5.88 Å². The van der Waals surface area contributed by atoms with Crippen molar-refractivity contribution in [3.63, 3.8) is 0 Å². The highest BCUT2D eigenvalue weighted by Gasteiger charge is 2.21. The van der Waals surface area contributed by atoms with E-state index in [0.29, 0.717) is 18.2 Å². The molecule has 0 aliphatic heterocycles. The van der Waals surface area contributed by atoms with Crippen LogP contribution in [0.4, 0.5) is 16.0 Å². The number of aryl methyl sites for hydroxylation is 1. The molecule has 2 heterocycles. The van der Waals surface area contributed by atoms with Crippen LogP contribution in [0.15, 0.2) is 12.4 Å². The predicted octanol–water partition coefficient (Wildman–Crippen LogP) is 2.68. The van der Waals surface area contributed by atoms with E-state index in [9.17, 15) is 9.50 Å². The maximum atomic E-state index is 13.8. The number of anilines is 2. The third-order valence-electron chi connectivity index (χ3n) is 4.01. The van der Waals surface area contributed by atoms with Crippen LogP contribution in [0, 0.1) is 11.7 Å². The molecule has 0 radical (unpaired) electrons. The van der Waals surface area contributed by atoms with Crippen LogP contribution in [-0.4, -0.2) is 37.6 Å². The van der Waals surface area contributed by atoms with Crippen molar-refractivity contribution in [1.82, 2.24) is 19.7 Å². The van der Waals surface area contributed by atoms with Gasteiger partial charge in [0.2, 0.25) is 11.8 Å². The number of halogens is 2. The minimum atomic E-state index is -0.617. The van der Waals surface area contributed by atoms with Crippen LogP contribution in [0.2, 0.25) is 5.15 Å².